The monoisotopic (exact) mass is 391 g/mol. The zero-order valence-electron chi connectivity index (χ0n) is 13.0. The molecule has 0 spiro atoms. The summed E-state index contributed by atoms with van der Waals surface area (Å²) in [5.41, 5.74) is 0. The van der Waals surface area contributed by atoms with Crippen molar-refractivity contribution in [1.29, 1.82) is 0 Å². The van der Waals surface area contributed by atoms with E-state index in [-0.39, 0.29) is 24.0 Å². The summed E-state index contributed by atoms with van der Waals surface area (Å²) in [6, 6.07) is 0.710. The fraction of sp³-hybridized carbons (Fsp3) is 0.938. The fourth-order valence-corrected chi connectivity index (χ4v) is 4.16. The van der Waals surface area contributed by atoms with E-state index in [4.69, 9.17) is 0 Å². The molecular weight excluding hydrogens is 361 g/mol. The summed E-state index contributed by atoms with van der Waals surface area (Å²) < 4.78 is 0. The second kappa shape index (κ2) is 7.32. The van der Waals surface area contributed by atoms with Crippen LogP contribution in [0.25, 0.3) is 0 Å². The quantitative estimate of drug-likeness (QED) is 0.453. The molecule has 3 nitrogen and oxygen atoms in total. The van der Waals surface area contributed by atoms with Gasteiger partial charge in [0.15, 0.2) is 5.96 Å². The van der Waals surface area contributed by atoms with Gasteiger partial charge in [0.2, 0.25) is 0 Å². The molecule has 0 aromatic rings. The van der Waals surface area contributed by atoms with Crippen LogP contribution in [0.5, 0.6) is 0 Å². The molecule has 116 valence electrons. The average Bonchev–Trinajstić information content (AvgIpc) is 3.01. The minimum Gasteiger partial charge on any atom is -0.353 e. The van der Waals surface area contributed by atoms with Gasteiger partial charge in [-0.3, -0.25) is 4.99 Å². The van der Waals surface area contributed by atoms with E-state index in [1.807, 2.05) is 7.05 Å². The molecule has 0 radical (unpaired) electrons. The number of rotatable bonds is 3. The molecule has 1 aliphatic heterocycles. The largest absolute Gasteiger partial charge is 0.353 e. The Bertz CT molecular complexity index is 331. The molecule has 0 aromatic carbocycles. The molecule has 4 heteroatoms. The van der Waals surface area contributed by atoms with Gasteiger partial charge >= 0.3 is 0 Å². The van der Waals surface area contributed by atoms with Crippen LogP contribution in [0.15, 0.2) is 4.99 Å². The highest BCUT2D eigenvalue weighted by molar-refractivity contribution is 14.0. The number of hydrogen-bond donors (Lipinski definition) is 1. The van der Waals surface area contributed by atoms with Gasteiger partial charge < -0.3 is 10.2 Å². The van der Waals surface area contributed by atoms with E-state index >= 15 is 0 Å². The summed E-state index contributed by atoms with van der Waals surface area (Å²) in [5, 5.41) is 3.70. The maximum atomic E-state index is 4.53. The van der Waals surface area contributed by atoms with E-state index < -0.39 is 0 Å². The molecule has 0 aromatic heterocycles. The predicted molar refractivity (Wildman–Crippen MR) is 95.7 cm³/mol. The maximum Gasteiger partial charge on any atom is 0.193 e. The van der Waals surface area contributed by atoms with Gasteiger partial charge in [-0.2, -0.15) is 0 Å². The van der Waals surface area contributed by atoms with Crippen LogP contribution in [0, 0.1) is 17.8 Å². The van der Waals surface area contributed by atoms with Crippen molar-refractivity contribution in [2.75, 3.05) is 20.1 Å². The Kier molecular flexibility index (Phi) is 5.99. The van der Waals surface area contributed by atoms with Crippen LogP contribution in [-0.2, 0) is 0 Å². The molecule has 1 heterocycles. The van der Waals surface area contributed by atoms with Crippen molar-refractivity contribution in [1.82, 2.24) is 10.2 Å². The highest BCUT2D eigenvalue weighted by Crippen LogP contribution is 2.37. The Morgan fingerprint density at radius 1 is 1.20 bits per heavy atom. The number of hydrogen-bond acceptors (Lipinski definition) is 1. The summed E-state index contributed by atoms with van der Waals surface area (Å²) in [7, 11) is 1.95. The third kappa shape index (κ3) is 3.60. The molecule has 3 fully saturated rings. The molecule has 3 aliphatic rings. The normalized spacial score (nSPS) is 36.3. The van der Waals surface area contributed by atoms with E-state index in [0.717, 1.165) is 17.8 Å². The van der Waals surface area contributed by atoms with Crippen molar-refractivity contribution < 1.29 is 0 Å². The Balaban J connectivity index is 0.00000147. The molecule has 2 saturated carbocycles. The Labute approximate surface area is 141 Å². The highest BCUT2D eigenvalue weighted by atomic mass is 127. The van der Waals surface area contributed by atoms with Gasteiger partial charge in [0.1, 0.15) is 0 Å². The lowest BCUT2D eigenvalue weighted by Crippen LogP contribution is -2.41. The summed E-state index contributed by atoms with van der Waals surface area (Å²) in [6.45, 7) is 4.78. The molecular formula is C16H30IN3. The summed E-state index contributed by atoms with van der Waals surface area (Å²) in [6.07, 6.45) is 9.83. The molecule has 2 aliphatic carbocycles. The second-order valence-corrected chi connectivity index (χ2v) is 6.79. The second-order valence-electron chi connectivity index (χ2n) is 6.79. The van der Waals surface area contributed by atoms with Crippen LogP contribution in [0.3, 0.4) is 0 Å². The lowest BCUT2D eigenvalue weighted by atomic mass is 9.82. The molecule has 20 heavy (non-hydrogen) atoms. The zero-order chi connectivity index (χ0) is 13.2. The van der Waals surface area contributed by atoms with Crippen LogP contribution in [0.4, 0.5) is 0 Å². The number of guanidine groups is 1. The zero-order valence-corrected chi connectivity index (χ0v) is 15.3. The topological polar surface area (TPSA) is 27.6 Å². The van der Waals surface area contributed by atoms with Crippen LogP contribution >= 0.6 is 24.0 Å². The lowest BCUT2D eigenvalue weighted by molar-refractivity contribution is 0.299. The van der Waals surface area contributed by atoms with E-state index in [2.05, 4.69) is 22.1 Å². The van der Waals surface area contributed by atoms with Crippen molar-refractivity contribution in [3.8, 4) is 0 Å². The van der Waals surface area contributed by atoms with Crippen molar-refractivity contribution in [2.24, 2.45) is 22.7 Å². The molecule has 0 bridgehead atoms. The molecule has 3 rings (SSSR count). The van der Waals surface area contributed by atoms with E-state index in [9.17, 15) is 0 Å². The third-order valence-electron chi connectivity index (χ3n) is 5.38. The summed E-state index contributed by atoms with van der Waals surface area (Å²) >= 11 is 0. The minimum atomic E-state index is 0. The van der Waals surface area contributed by atoms with Gasteiger partial charge in [-0.05, 0) is 43.4 Å². The SMILES string of the molecule is CCCC1CC1NC(=NC)N1CC2CCCCC2C1.I. The van der Waals surface area contributed by atoms with Crippen LogP contribution < -0.4 is 5.32 Å². The number of halogens is 1. The standard InChI is InChI=1S/C16H29N3.HI/c1-3-6-12-9-15(12)18-16(17-2)19-10-13-7-4-5-8-14(13)11-19;/h12-15H,3-11H2,1-2H3,(H,17,18);1H. The fourth-order valence-electron chi connectivity index (χ4n) is 4.16. The first-order valence-corrected chi connectivity index (χ1v) is 8.30. The molecule has 1 N–H and O–H groups in total. The first-order valence-electron chi connectivity index (χ1n) is 8.30. The molecule has 1 saturated heterocycles. The van der Waals surface area contributed by atoms with Crippen molar-refractivity contribution in [3.05, 3.63) is 0 Å². The first kappa shape index (κ1) is 16.4. The van der Waals surface area contributed by atoms with Gasteiger partial charge in [-0.25, -0.2) is 0 Å². The Morgan fingerprint density at radius 2 is 1.85 bits per heavy atom. The molecule has 4 atom stereocenters. The molecule has 4 unspecified atom stereocenters. The minimum absolute atomic E-state index is 0. The number of nitrogens with zero attached hydrogens (tertiary/aromatic N) is 2. The van der Waals surface area contributed by atoms with Gasteiger partial charge in [0, 0.05) is 26.2 Å². The van der Waals surface area contributed by atoms with Gasteiger partial charge in [-0.1, -0.05) is 26.2 Å². The van der Waals surface area contributed by atoms with Crippen molar-refractivity contribution in [3.63, 3.8) is 0 Å². The maximum absolute atomic E-state index is 4.53. The third-order valence-corrected chi connectivity index (χ3v) is 5.38. The van der Waals surface area contributed by atoms with E-state index in [0.29, 0.717) is 6.04 Å². The summed E-state index contributed by atoms with van der Waals surface area (Å²) in [4.78, 5) is 7.06. The predicted octanol–water partition coefficient (Wildman–Crippen LogP) is 3.49. The lowest BCUT2D eigenvalue weighted by Gasteiger charge is -2.22. The van der Waals surface area contributed by atoms with Gasteiger partial charge in [-0.15, -0.1) is 24.0 Å². The Morgan fingerprint density at radius 3 is 2.40 bits per heavy atom. The smallest absolute Gasteiger partial charge is 0.193 e. The van der Waals surface area contributed by atoms with Crippen molar-refractivity contribution in [2.45, 2.75) is 57.9 Å². The first-order chi connectivity index (χ1) is 9.31. The molecule has 0 amide bonds. The van der Waals surface area contributed by atoms with Crippen LogP contribution in [-0.4, -0.2) is 37.0 Å². The summed E-state index contributed by atoms with van der Waals surface area (Å²) in [5.74, 6) is 3.97. The highest BCUT2D eigenvalue weighted by Gasteiger charge is 2.40. The van der Waals surface area contributed by atoms with Crippen LogP contribution in [0.1, 0.15) is 51.9 Å². The van der Waals surface area contributed by atoms with Gasteiger partial charge in [0.05, 0.1) is 0 Å². The average molecular weight is 391 g/mol. The van der Waals surface area contributed by atoms with Crippen LogP contribution in [0.2, 0.25) is 0 Å². The van der Waals surface area contributed by atoms with Gasteiger partial charge in [0.25, 0.3) is 0 Å². The number of fused-ring (bicyclic) bond motifs is 1. The van der Waals surface area contributed by atoms with E-state index in [1.165, 1.54) is 64.0 Å². The number of aliphatic imine (C=N–C) groups is 1. The number of nitrogens with one attached hydrogen (secondary N) is 1. The number of likely N-dealkylation sites (tertiary alicyclic amines) is 1. The Hall–Kier alpha value is 0. The van der Waals surface area contributed by atoms with Crippen molar-refractivity contribution >= 4 is 29.9 Å². The van der Waals surface area contributed by atoms with E-state index in [1.54, 1.807) is 0 Å².